The first-order valence-corrected chi connectivity index (χ1v) is 5.37. The van der Waals surface area contributed by atoms with Gasteiger partial charge in [-0.15, -0.1) is 0 Å². The minimum Gasteiger partial charge on any atom is -0.352 e. The number of hydrogen-bond acceptors (Lipinski definition) is 4. The van der Waals surface area contributed by atoms with Crippen LogP contribution in [0.1, 0.15) is 5.56 Å². The molecule has 0 fully saturated rings. The summed E-state index contributed by atoms with van der Waals surface area (Å²) in [5, 5.41) is 7.17. The summed E-state index contributed by atoms with van der Waals surface area (Å²) in [6.45, 7) is 2.05. The Hall–Kier alpha value is -2.36. The van der Waals surface area contributed by atoms with Crippen LogP contribution >= 0.6 is 0 Å². The lowest BCUT2D eigenvalue weighted by atomic mass is 10.2. The molecule has 2 heterocycles. The molecule has 1 aromatic carbocycles. The Morgan fingerprint density at radius 3 is 3.00 bits per heavy atom. The molecule has 0 aliphatic carbocycles. The molecule has 0 saturated heterocycles. The summed E-state index contributed by atoms with van der Waals surface area (Å²) in [6.07, 6.45) is 1.72. The molecule has 2 aromatic heterocycles. The maximum absolute atomic E-state index is 5.18. The number of benzene rings is 1. The van der Waals surface area contributed by atoms with Gasteiger partial charge in [-0.2, -0.15) is 0 Å². The van der Waals surface area contributed by atoms with Gasteiger partial charge in [0.15, 0.2) is 16.9 Å². The Morgan fingerprint density at radius 2 is 2.12 bits per heavy atom. The second kappa shape index (κ2) is 3.90. The molecule has 0 bridgehead atoms. The molecule has 4 nitrogen and oxygen atoms in total. The van der Waals surface area contributed by atoms with Crippen LogP contribution in [0.3, 0.4) is 0 Å². The van der Waals surface area contributed by atoms with Crippen molar-refractivity contribution < 1.29 is 4.52 Å². The molecule has 0 spiro atoms. The van der Waals surface area contributed by atoms with E-state index in [0.717, 1.165) is 11.2 Å². The smallest absolute Gasteiger partial charge is 0.200 e. The summed E-state index contributed by atoms with van der Waals surface area (Å²) in [6, 6.07) is 11.7. The van der Waals surface area contributed by atoms with Crippen molar-refractivity contribution in [2.45, 2.75) is 6.92 Å². The van der Waals surface area contributed by atoms with Gasteiger partial charge in [-0.25, -0.2) is 4.98 Å². The number of rotatable bonds is 2. The number of anilines is 2. The minimum atomic E-state index is 0.645. The molecule has 84 valence electrons. The molecule has 0 atom stereocenters. The van der Waals surface area contributed by atoms with Crippen molar-refractivity contribution in [2.75, 3.05) is 5.32 Å². The zero-order valence-corrected chi connectivity index (χ0v) is 9.34. The zero-order chi connectivity index (χ0) is 11.7. The Labute approximate surface area is 98.3 Å². The first-order valence-electron chi connectivity index (χ1n) is 5.37. The number of aromatic nitrogens is 2. The highest BCUT2D eigenvalue weighted by atomic mass is 16.5. The Kier molecular flexibility index (Phi) is 2.26. The summed E-state index contributed by atoms with van der Waals surface area (Å²) in [7, 11) is 0. The molecule has 3 aromatic rings. The van der Waals surface area contributed by atoms with Gasteiger partial charge in [-0.05, 0) is 36.8 Å². The van der Waals surface area contributed by atoms with E-state index in [9.17, 15) is 0 Å². The largest absolute Gasteiger partial charge is 0.352 e. The van der Waals surface area contributed by atoms with Gasteiger partial charge in [0.05, 0.1) is 0 Å². The lowest BCUT2D eigenvalue weighted by Gasteiger charge is -2.02. The number of pyridine rings is 1. The van der Waals surface area contributed by atoms with E-state index in [1.54, 1.807) is 6.20 Å². The van der Waals surface area contributed by atoms with E-state index in [1.807, 2.05) is 43.3 Å². The molecule has 4 heteroatoms. The summed E-state index contributed by atoms with van der Waals surface area (Å²) in [4.78, 5) is 4.24. The van der Waals surface area contributed by atoms with Crippen molar-refractivity contribution in [3.8, 4) is 0 Å². The molecule has 0 saturated carbocycles. The molecular formula is C13H11N3O. The maximum Gasteiger partial charge on any atom is 0.200 e. The van der Waals surface area contributed by atoms with Crippen LogP contribution in [0.4, 0.5) is 11.5 Å². The highest BCUT2D eigenvalue weighted by Crippen LogP contribution is 2.23. The highest BCUT2D eigenvalue weighted by molar-refractivity contribution is 5.85. The van der Waals surface area contributed by atoms with Crippen molar-refractivity contribution in [2.24, 2.45) is 0 Å². The topological polar surface area (TPSA) is 51.0 Å². The van der Waals surface area contributed by atoms with Gasteiger partial charge in [0.25, 0.3) is 0 Å². The normalized spacial score (nSPS) is 10.6. The fourth-order valence-electron chi connectivity index (χ4n) is 1.72. The van der Waals surface area contributed by atoms with E-state index in [0.29, 0.717) is 11.4 Å². The number of aryl methyl sites for hydroxylation is 1. The van der Waals surface area contributed by atoms with Gasteiger partial charge < -0.3 is 9.84 Å². The van der Waals surface area contributed by atoms with E-state index in [4.69, 9.17) is 4.52 Å². The first-order chi connectivity index (χ1) is 8.33. The lowest BCUT2D eigenvalue weighted by Crippen LogP contribution is -1.91. The first kappa shape index (κ1) is 9.84. The predicted octanol–water partition coefficient (Wildman–Crippen LogP) is 3.27. The van der Waals surface area contributed by atoms with Gasteiger partial charge in [-0.3, -0.25) is 0 Å². The van der Waals surface area contributed by atoms with E-state index >= 15 is 0 Å². The quantitative estimate of drug-likeness (QED) is 0.727. The van der Waals surface area contributed by atoms with Crippen LogP contribution < -0.4 is 5.32 Å². The standard InChI is InChI=1S/C13H11N3O/c1-9-4-2-5-10(8-9)15-13-12-11(17-16-13)6-3-7-14-12/h2-8H,1H3,(H,15,16). The third-order valence-electron chi connectivity index (χ3n) is 2.51. The maximum atomic E-state index is 5.18. The van der Waals surface area contributed by atoms with Crippen LogP contribution in [-0.2, 0) is 0 Å². The van der Waals surface area contributed by atoms with E-state index in [2.05, 4.69) is 15.5 Å². The second-order valence-corrected chi connectivity index (χ2v) is 3.88. The average Bonchev–Trinajstić information content (AvgIpc) is 2.73. The number of hydrogen-bond donors (Lipinski definition) is 1. The summed E-state index contributed by atoms with van der Waals surface area (Å²) >= 11 is 0. The van der Waals surface area contributed by atoms with Crippen molar-refractivity contribution in [1.29, 1.82) is 0 Å². The summed E-state index contributed by atoms with van der Waals surface area (Å²) in [5.74, 6) is 0.645. The van der Waals surface area contributed by atoms with Gasteiger partial charge in [0, 0.05) is 11.9 Å². The second-order valence-electron chi connectivity index (χ2n) is 3.88. The molecule has 0 unspecified atom stereocenters. The van der Waals surface area contributed by atoms with E-state index < -0.39 is 0 Å². The van der Waals surface area contributed by atoms with Crippen LogP contribution in [0.5, 0.6) is 0 Å². The Morgan fingerprint density at radius 1 is 1.18 bits per heavy atom. The molecule has 3 rings (SSSR count). The molecule has 0 amide bonds. The Balaban J connectivity index is 2.00. The van der Waals surface area contributed by atoms with Gasteiger partial charge in [-0.1, -0.05) is 17.3 Å². The number of nitrogens with zero attached hydrogens (tertiary/aromatic N) is 2. The van der Waals surface area contributed by atoms with Crippen molar-refractivity contribution in [3.63, 3.8) is 0 Å². The van der Waals surface area contributed by atoms with Crippen LogP contribution in [-0.4, -0.2) is 10.1 Å². The monoisotopic (exact) mass is 225 g/mol. The van der Waals surface area contributed by atoms with Crippen LogP contribution in [0.2, 0.25) is 0 Å². The van der Waals surface area contributed by atoms with Crippen molar-refractivity contribution >= 4 is 22.6 Å². The predicted molar refractivity (Wildman–Crippen MR) is 66.3 cm³/mol. The van der Waals surface area contributed by atoms with Gasteiger partial charge in [0.2, 0.25) is 0 Å². The van der Waals surface area contributed by atoms with Gasteiger partial charge in [0.1, 0.15) is 0 Å². The SMILES string of the molecule is Cc1cccc(Nc2noc3cccnc23)c1. The molecule has 17 heavy (non-hydrogen) atoms. The lowest BCUT2D eigenvalue weighted by molar-refractivity contribution is 0.460. The zero-order valence-electron chi connectivity index (χ0n) is 9.34. The molecular weight excluding hydrogens is 214 g/mol. The minimum absolute atomic E-state index is 0.645. The number of fused-ring (bicyclic) bond motifs is 1. The average molecular weight is 225 g/mol. The Bertz CT molecular complexity index is 660. The number of nitrogens with one attached hydrogen (secondary N) is 1. The fraction of sp³-hybridized carbons (Fsp3) is 0.0769. The van der Waals surface area contributed by atoms with E-state index in [-0.39, 0.29) is 0 Å². The molecule has 0 aliphatic heterocycles. The summed E-state index contributed by atoms with van der Waals surface area (Å²) in [5.41, 5.74) is 3.60. The third kappa shape index (κ3) is 1.85. The van der Waals surface area contributed by atoms with Crippen LogP contribution in [0, 0.1) is 6.92 Å². The van der Waals surface area contributed by atoms with E-state index in [1.165, 1.54) is 5.56 Å². The highest BCUT2D eigenvalue weighted by Gasteiger charge is 2.08. The fourth-order valence-corrected chi connectivity index (χ4v) is 1.72. The molecule has 0 aliphatic rings. The van der Waals surface area contributed by atoms with Crippen molar-refractivity contribution in [3.05, 3.63) is 48.2 Å². The summed E-state index contributed by atoms with van der Waals surface area (Å²) < 4.78 is 5.18. The van der Waals surface area contributed by atoms with Crippen molar-refractivity contribution in [1.82, 2.24) is 10.1 Å². The third-order valence-corrected chi connectivity index (χ3v) is 2.51. The van der Waals surface area contributed by atoms with Crippen LogP contribution in [0.15, 0.2) is 47.1 Å². The van der Waals surface area contributed by atoms with Crippen LogP contribution in [0.25, 0.3) is 11.1 Å². The van der Waals surface area contributed by atoms with Gasteiger partial charge >= 0.3 is 0 Å². The molecule has 1 N–H and O–H groups in total. The molecule has 0 radical (unpaired) electrons.